The van der Waals surface area contributed by atoms with Gasteiger partial charge >= 0.3 is 0 Å². The van der Waals surface area contributed by atoms with Crippen molar-refractivity contribution in [2.75, 3.05) is 18.4 Å². The highest BCUT2D eigenvalue weighted by Crippen LogP contribution is 2.25. The van der Waals surface area contributed by atoms with Gasteiger partial charge in [0.05, 0.1) is 6.54 Å². The fourth-order valence-corrected chi connectivity index (χ4v) is 2.02. The summed E-state index contributed by atoms with van der Waals surface area (Å²) in [7, 11) is 0. The van der Waals surface area contributed by atoms with E-state index in [1.165, 1.54) is 17.0 Å². The number of nitrogens with zero attached hydrogens (tertiary/aromatic N) is 1. The molecular formula is C13H15FN2O3. The normalized spacial score (nSPS) is 15.4. The minimum atomic E-state index is -0.710. The molecule has 0 spiro atoms. The Kier molecular flexibility index (Phi) is 3.99. The number of hydrogen-bond donors (Lipinski definition) is 2. The van der Waals surface area contributed by atoms with Crippen LogP contribution >= 0.6 is 0 Å². The van der Waals surface area contributed by atoms with Crippen molar-refractivity contribution >= 4 is 17.5 Å². The Morgan fingerprint density at radius 3 is 2.89 bits per heavy atom. The zero-order valence-electron chi connectivity index (χ0n) is 10.4. The number of amides is 2. The van der Waals surface area contributed by atoms with Gasteiger partial charge in [0.1, 0.15) is 11.4 Å². The van der Waals surface area contributed by atoms with E-state index in [1.54, 1.807) is 0 Å². The second kappa shape index (κ2) is 5.69. The summed E-state index contributed by atoms with van der Waals surface area (Å²) in [5.74, 6) is -1.63. The fourth-order valence-electron chi connectivity index (χ4n) is 2.02. The first-order valence-electron chi connectivity index (χ1n) is 6.13. The SMILES string of the molecule is O=C(CN1CCCCC1=O)Nc1c(O)cccc1F. The zero-order valence-corrected chi connectivity index (χ0v) is 10.4. The molecule has 0 unspecified atom stereocenters. The molecule has 19 heavy (non-hydrogen) atoms. The van der Waals surface area contributed by atoms with Crippen LogP contribution in [0.4, 0.5) is 10.1 Å². The van der Waals surface area contributed by atoms with Crippen LogP contribution in [0.2, 0.25) is 0 Å². The first-order chi connectivity index (χ1) is 9.08. The monoisotopic (exact) mass is 266 g/mol. The van der Waals surface area contributed by atoms with Crippen molar-refractivity contribution in [3.63, 3.8) is 0 Å². The molecule has 6 heteroatoms. The summed E-state index contributed by atoms with van der Waals surface area (Å²) in [6.45, 7) is 0.419. The quantitative estimate of drug-likeness (QED) is 0.814. The number of carbonyl (C=O) groups is 2. The van der Waals surface area contributed by atoms with E-state index in [0.29, 0.717) is 13.0 Å². The maximum Gasteiger partial charge on any atom is 0.244 e. The lowest BCUT2D eigenvalue weighted by atomic mass is 10.1. The largest absolute Gasteiger partial charge is 0.506 e. The van der Waals surface area contributed by atoms with Crippen molar-refractivity contribution < 1.29 is 19.1 Å². The van der Waals surface area contributed by atoms with Gasteiger partial charge in [-0.15, -0.1) is 0 Å². The third-order valence-electron chi connectivity index (χ3n) is 3.01. The van der Waals surface area contributed by atoms with Crippen LogP contribution < -0.4 is 5.32 Å². The molecule has 1 aromatic rings. The molecule has 0 atom stereocenters. The lowest BCUT2D eigenvalue weighted by Gasteiger charge is -2.26. The fraction of sp³-hybridized carbons (Fsp3) is 0.385. The van der Waals surface area contributed by atoms with E-state index in [-0.39, 0.29) is 23.9 Å². The summed E-state index contributed by atoms with van der Waals surface area (Å²) in [6, 6.07) is 3.76. The van der Waals surface area contributed by atoms with E-state index < -0.39 is 11.7 Å². The number of phenols is 1. The first-order valence-corrected chi connectivity index (χ1v) is 6.13. The van der Waals surface area contributed by atoms with E-state index >= 15 is 0 Å². The average Bonchev–Trinajstić information content (AvgIpc) is 2.37. The molecular weight excluding hydrogens is 251 g/mol. The van der Waals surface area contributed by atoms with Gasteiger partial charge in [-0.3, -0.25) is 9.59 Å². The minimum absolute atomic E-state index is 0.0702. The highest BCUT2D eigenvalue weighted by molar-refractivity contribution is 5.95. The number of benzene rings is 1. The predicted octanol–water partition coefficient (Wildman–Crippen LogP) is 1.48. The van der Waals surface area contributed by atoms with Crippen molar-refractivity contribution in [2.24, 2.45) is 0 Å². The van der Waals surface area contributed by atoms with E-state index in [9.17, 15) is 19.1 Å². The molecule has 0 aromatic heterocycles. The molecule has 1 aliphatic heterocycles. The van der Waals surface area contributed by atoms with E-state index in [0.717, 1.165) is 18.9 Å². The number of halogens is 1. The topological polar surface area (TPSA) is 69.6 Å². The van der Waals surface area contributed by atoms with Gasteiger partial charge in [0.2, 0.25) is 11.8 Å². The first kappa shape index (κ1) is 13.3. The third-order valence-corrected chi connectivity index (χ3v) is 3.01. The van der Waals surface area contributed by atoms with Crippen LogP contribution in [0.5, 0.6) is 5.75 Å². The molecule has 1 fully saturated rings. The van der Waals surface area contributed by atoms with Gasteiger partial charge in [-0.25, -0.2) is 4.39 Å². The number of rotatable bonds is 3. The number of nitrogens with one attached hydrogen (secondary N) is 1. The molecule has 0 radical (unpaired) electrons. The van der Waals surface area contributed by atoms with Crippen LogP contribution in [0, 0.1) is 5.82 Å². The predicted molar refractivity (Wildman–Crippen MR) is 67.1 cm³/mol. The molecule has 0 bridgehead atoms. The summed E-state index contributed by atoms with van der Waals surface area (Å²) in [5, 5.41) is 11.8. The number of anilines is 1. The van der Waals surface area contributed by atoms with Gasteiger partial charge in [0, 0.05) is 13.0 Å². The molecule has 2 amide bonds. The van der Waals surface area contributed by atoms with Crippen molar-refractivity contribution in [1.82, 2.24) is 4.90 Å². The lowest BCUT2D eigenvalue weighted by Crippen LogP contribution is -2.40. The van der Waals surface area contributed by atoms with Crippen LogP contribution in [-0.2, 0) is 9.59 Å². The Bertz CT molecular complexity index is 484. The minimum Gasteiger partial charge on any atom is -0.506 e. The second-order valence-electron chi connectivity index (χ2n) is 4.45. The lowest BCUT2D eigenvalue weighted by molar-refractivity contribution is -0.136. The number of para-hydroxylation sites is 1. The van der Waals surface area contributed by atoms with Gasteiger partial charge in [0.25, 0.3) is 0 Å². The Balaban J connectivity index is 1.99. The molecule has 0 aliphatic carbocycles. The van der Waals surface area contributed by atoms with Crippen LogP contribution in [0.1, 0.15) is 19.3 Å². The Labute approximate surface area is 110 Å². The van der Waals surface area contributed by atoms with Crippen molar-refractivity contribution in [3.05, 3.63) is 24.0 Å². The highest BCUT2D eigenvalue weighted by atomic mass is 19.1. The summed E-state index contributed by atoms with van der Waals surface area (Å²) >= 11 is 0. The Hall–Kier alpha value is -2.11. The average molecular weight is 266 g/mol. The number of phenolic OH excluding ortho intramolecular Hbond substituents is 1. The van der Waals surface area contributed by atoms with E-state index in [1.807, 2.05) is 0 Å². The van der Waals surface area contributed by atoms with Crippen LogP contribution in [0.25, 0.3) is 0 Å². The molecule has 1 heterocycles. The third kappa shape index (κ3) is 3.21. The summed E-state index contributed by atoms with van der Waals surface area (Å²) in [5.41, 5.74) is -0.253. The molecule has 2 N–H and O–H groups in total. The summed E-state index contributed by atoms with van der Waals surface area (Å²) in [4.78, 5) is 24.7. The van der Waals surface area contributed by atoms with Gasteiger partial charge in [0.15, 0.2) is 5.82 Å². The summed E-state index contributed by atoms with van der Waals surface area (Å²) in [6.07, 6.45) is 2.15. The number of aromatic hydroxyl groups is 1. The summed E-state index contributed by atoms with van der Waals surface area (Å²) < 4.78 is 13.4. The Morgan fingerprint density at radius 1 is 1.42 bits per heavy atom. The molecule has 1 aromatic carbocycles. The smallest absolute Gasteiger partial charge is 0.244 e. The van der Waals surface area contributed by atoms with E-state index in [4.69, 9.17) is 0 Å². The van der Waals surface area contributed by atoms with Crippen molar-refractivity contribution in [3.8, 4) is 5.75 Å². The Morgan fingerprint density at radius 2 is 2.21 bits per heavy atom. The maximum absolute atomic E-state index is 13.4. The van der Waals surface area contributed by atoms with Crippen LogP contribution in [0.15, 0.2) is 18.2 Å². The molecule has 5 nitrogen and oxygen atoms in total. The standard InChI is InChI=1S/C13H15FN2O3/c14-9-4-3-5-10(17)13(9)15-11(18)8-16-7-2-1-6-12(16)19/h3-5,17H,1-2,6-8H2,(H,15,18). The highest BCUT2D eigenvalue weighted by Gasteiger charge is 2.21. The molecule has 1 aliphatic rings. The molecule has 102 valence electrons. The number of hydrogen-bond acceptors (Lipinski definition) is 3. The van der Waals surface area contributed by atoms with Gasteiger partial charge in [-0.2, -0.15) is 0 Å². The van der Waals surface area contributed by atoms with Crippen LogP contribution in [-0.4, -0.2) is 34.9 Å². The van der Waals surface area contributed by atoms with Crippen molar-refractivity contribution in [1.29, 1.82) is 0 Å². The number of piperidine rings is 1. The zero-order chi connectivity index (χ0) is 13.8. The molecule has 2 rings (SSSR count). The number of carbonyl (C=O) groups excluding carboxylic acids is 2. The van der Waals surface area contributed by atoms with Gasteiger partial charge in [-0.05, 0) is 25.0 Å². The van der Waals surface area contributed by atoms with Gasteiger partial charge in [-0.1, -0.05) is 6.07 Å². The maximum atomic E-state index is 13.4. The number of likely N-dealkylation sites (tertiary alicyclic amines) is 1. The van der Waals surface area contributed by atoms with Crippen LogP contribution in [0.3, 0.4) is 0 Å². The second-order valence-corrected chi connectivity index (χ2v) is 4.45. The van der Waals surface area contributed by atoms with Gasteiger partial charge < -0.3 is 15.3 Å². The van der Waals surface area contributed by atoms with Crippen molar-refractivity contribution in [2.45, 2.75) is 19.3 Å². The van der Waals surface area contributed by atoms with E-state index in [2.05, 4.69) is 5.32 Å². The molecule has 0 saturated carbocycles. The molecule has 1 saturated heterocycles.